The monoisotopic (exact) mass is 585 g/mol. The Morgan fingerprint density at radius 2 is 1.77 bits per heavy atom. The zero-order valence-electron chi connectivity index (χ0n) is 25.0. The number of tetrazole rings is 1. The minimum Gasteiger partial charge on any atom is -0.494 e. The average Bonchev–Trinajstić information content (AvgIpc) is 3.56. The molecule has 6 rings (SSSR count). The molecule has 2 fully saturated rings. The first-order chi connectivity index (χ1) is 21.1. The lowest BCUT2D eigenvalue weighted by Crippen LogP contribution is -2.49. The van der Waals surface area contributed by atoms with Gasteiger partial charge in [0.05, 0.1) is 32.6 Å². The van der Waals surface area contributed by atoms with E-state index in [9.17, 15) is 0 Å². The van der Waals surface area contributed by atoms with Gasteiger partial charge in [0.25, 0.3) is 0 Å². The molecule has 12 heteroatoms. The Balaban J connectivity index is 1.08. The molecule has 43 heavy (non-hydrogen) atoms. The van der Waals surface area contributed by atoms with Crippen LogP contribution in [0.1, 0.15) is 25.3 Å². The number of nitrogens with zero attached hydrogens (tertiary/aromatic N) is 8. The molecule has 2 aromatic carbocycles. The Labute approximate surface area is 252 Å². The number of ether oxygens (including phenoxy) is 3. The molecule has 0 unspecified atom stereocenters. The first kappa shape index (κ1) is 28.8. The second-order valence-electron chi connectivity index (χ2n) is 11.1. The van der Waals surface area contributed by atoms with Crippen LogP contribution in [0.5, 0.6) is 11.5 Å². The second-order valence-corrected chi connectivity index (χ2v) is 11.1. The molecule has 0 bridgehead atoms. The van der Waals surface area contributed by atoms with Crippen LogP contribution >= 0.6 is 0 Å². The SMILES string of the molecule is COc1cc(N2CCC(N3CCOCC3)CC2)ccc1Nc1ncc(-c2ccc(C)c(O[C@@H](C)Cn3cnnn3)c2)cn1. The quantitative estimate of drug-likeness (QED) is 0.292. The summed E-state index contributed by atoms with van der Waals surface area (Å²) in [6.45, 7) is 10.4. The molecule has 12 nitrogen and oxygen atoms in total. The van der Waals surface area contributed by atoms with E-state index in [1.807, 2.05) is 50.5 Å². The number of hydrogen-bond donors (Lipinski definition) is 1. The average molecular weight is 586 g/mol. The van der Waals surface area contributed by atoms with Gasteiger partial charge < -0.3 is 24.4 Å². The number of morpholine rings is 1. The molecular formula is C31H39N9O3. The minimum atomic E-state index is -0.108. The Morgan fingerprint density at radius 1 is 0.977 bits per heavy atom. The molecule has 2 aliphatic rings. The van der Waals surface area contributed by atoms with Crippen molar-refractivity contribution in [2.45, 2.75) is 45.4 Å². The van der Waals surface area contributed by atoms with Crippen molar-refractivity contribution in [1.29, 1.82) is 0 Å². The highest BCUT2D eigenvalue weighted by Crippen LogP contribution is 2.33. The van der Waals surface area contributed by atoms with Crippen LogP contribution in [0.2, 0.25) is 0 Å². The molecule has 0 radical (unpaired) electrons. The van der Waals surface area contributed by atoms with E-state index in [1.165, 1.54) is 5.69 Å². The maximum Gasteiger partial charge on any atom is 0.227 e. The van der Waals surface area contributed by atoms with Crippen molar-refractivity contribution >= 4 is 17.3 Å². The van der Waals surface area contributed by atoms with Crippen molar-refractivity contribution in [2.75, 3.05) is 56.7 Å². The third kappa shape index (κ3) is 7.03. The van der Waals surface area contributed by atoms with Gasteiger partial charge in [-0.2, -0.15) is 0 Å². The predicted octanol–water partition coefficient (Wildman–Crippen LogP) is 3.96. The van der Waals surface area contributed by atoms with Crippen molar-refractivity contribution in [1.82, 2.24) is 35.1 Å². The summed E-state index contributed by atoms with van der Waals surface area (Å²) >= 11 is 0. The third-order valence-electron chi connectivity index (χ3n) is 8.16. The lowest BCUT2D eigenvalue weighted by molar-refractivity contribution is 0.0115. The number of methoxy groups -OCH3 is 1. The highest BCUT2D eigenvalue weighted by Gasteiger charge is 2.26. The number of rotatable bonds is 10. The van der Waals surface area contributed by atoms with Crippen LogP contribution in [0.15, 0.2) is 55.1 Å². The molecule has 226 valence electrons. The third-order valence-corrected chi connectivity index (χ3v) is 8.16. The molecule has 4 aromatic rings. The summed E-state index contributed by atoms with van der Waals surface area (Å²) < 4.78 is 19.1. The van der Waals surface area contributed by atoms with Crippen LogP contribution in [-0.4, -0.2) is 93.7 Å². The highest BCUT2D eigenvalue weighted by molar-refractivity contribution is 5.69. The number of anilines is 3. The topological polar surface area (TPSA) is 116 Å². The number of benzene rings is 2. The number of aromatic nitrogens is 6. The van der Waals surface area contributed by atoms with E-state index in [0.29, 0.717) is 18.5 Å². The van der Waals surface area contributed by atoms with Crippen LogP contribution < -0.4 is 19.7 Å². The van der Waals surface area contributed by atoms with Crippen LogP contribution in [-0.2, 0) is 11.3 Å². The molecule has 0 saturated carbocycles. The molecule has 1 atom stereocenters. The van der Waals surface area contributed by atoms with Crippen LogP contribution in [0, 0.1) is 6.92 Å². The fraction of sp³-hybridized carbons (Fsp3) is 0.452. The summed E-state index contributed by atoms with van der Waals surface area (Å²) in [4.78, 5) is 14.2. The molecule has 0 amide bonds. The van der Waals surface area contributed by atoms with Gasteiger partial charge in [0, 0.05) is 61.9 Å². The van der Waals surface area contributed by atoms with Gasteiger partial charge in [-0.3, -0.25) is 4.90 Å². The van der Waals surface area contributed by atoms with Gasteiger partial charge in [-0.15, -0.1) is 5.10 Å². The first-order valence-corrected chi connectivity index (χ1v) is 14.9. The molecule has 4 heterocycles. The number of hydrogen-bond acceptors (Lipinski definition) is 11. The van der Waals surface area contributed by atoms with Gasteiger partial charge in [0.1, 0.15) is 23.9 Å². The Hall–Kier alpha value is -4.29. The zero-order valence-corrected chi connectivity index (χ0v) is 25.0. The fourth-order valence-corrected chi connectivity index (χ4v) is 5.76. The summed E-state index contributed by atoms with van der Waals surface area (Å²) in [5.74, 6) is 2.06. The molecule has 2 saturated heterocycles. The van der Waals surface area contributed by atoms with E-state index in [0.717, 1.165) is 86.1 Å². The summed E-state index contributed by atoms with van der Waals surface area (Å²) in [6, 6.07) is 13.0. The minimum absolute atomic E-state index is 0.108. The van der Waals surface area contributed by atoms with E-state index in [4.69, 9.17) is 14.2 Å². The summed E-state index contributed by atoms with van der Waals surface area (Å²) in [5, 5.41) is 14.6. The first-order valence-electron chi connectivity index (χ1n) is 14.9. The number of aryl methyl sites for hydroxylation is 1. The predicted molar refractivity (Wildman–Crippen MR) is 164 cm³/mol. The lowest BCUT2D eigenvalue weighted by Gasteiger charge is -2.40. The van der Waals surface area contributed by atoms with Gasteiger partial charge in [-0.25, -0.2) is 14.6 Å². The van der Waals surface area contributed by atoms with Crippen LogP contribution in [0.4, 0.5) is 17.3 Å². The lowest BCUT2D eigenvalue weighted by atomic mass is 10.0. The Morgan fingerprint density at radius 3 is 2.49 bits per heavy atom. The maximum absolute atomic E-state index is 6.20. The molecule has 0 aliphatic carbocycles. The maximum atomic E-state index is 6.20. The van der Waals surface area contributed by atoms with E-state index in [2.05, 4.69) is 52.7 Å². The summed E-state index contributed by atoms with van der Waals surface area (Å²) in [6.07, 6.45) is 7.43. The van der Waals surface area contributed by atoms with Crippen molar-refractivity contribution in [2.24, 2.45) is 0 Å². The van der Waals surface area contributed by atoms with E-state index in [1.54, 1.807) is 18.1 Å². The van der Waals surface area contributed by atoms with Crippen LogP contribution in [0.25, 0.3) is 11.1 Å². The Bertz CT molecular complexity index is 1470. The summed E-state index contributed by atoms with van der Waals surface area (Å²) in [7, 11) is 1.69. The molecule has 1 N–H and O–H groups in total. The zero-order chi connectivity index (χ0) is 29.6. The van der Waals surface area contributed by atoms with E-state index in [-0.39, 0.29) is 6.10 Å². The normalized spacial score (nSPS) is 17.0. The van der Waals surface area contributed by atoms with Crippen molar-refractivity contribution in [3.63, 3.8) is 0 Å². The number of nitrogens with one attached hydrogen (secondary N) is 1. The molecule has 0 spiro atoms. The van der Waals surface area contributed by atoms with Crippen molar-refractivity contribution < 1.29 is 14.2 Å². The van der Waals surface area contributed by atoms with Crippen molar-refractivity contribution in [3.8, 4) is 22.6 Å². The van der Waals surface area contributed by atoms with Crippen LogP contribution in [0.3, 0.4) is 0 Å². The highest BCUT2D eigenvalue weighted by atomic mass is 16.5. The van der Waals surface area contributed by atoms with Crippen molar-refractivity contribution in [3.05, 3.63) is 60.7 Å². The van der Waals surface area contributed by atoms with Gasteiger partial charge in [0.15, 0.2) is 0 Å². The standard InChI is InChI=1S/C31H39N9O3/c1-22-4-5-24(16-29(22)43-23(2)20-40-21-34-36-37-40)25-18-32-31(33-19-25)35-28-7-6-27(17-30(28)41-3)38-10-8-26(9-11-38)39-12-14-42-15-13-39/h4-7,16-19,21,23,26H,8-15,20H2,1-3H3,(H,32,33,35)/t23-/m0/s1. The largest absolute Gasteiger partial charge is 0.494 e. The summed E-state index contributed by atoms with van der Waals surface area (Å²) in [5.41, 5.74) is 4.91. The smallest absolute Gasteiger partial charge is 0.227 e. The molecule has 2 aromatic heterocycles. The Kier molecular flexibility index (Phi) is 8.94. The molecule has 2 aliphatic heterocycles. The second kappa shape index (κ2) is 13.3. The van der Waals surface area contributed by atoms with Gasteiger partial charge in [-0.05, 0) is 66.4 Å². The van der Waals surface area contributed by atoms with Gasteiger partial charge >= 0.3 is 0 Å². The number of piperidine rings is 1. The molecular weight excluding hydrogens is 546 g/mol. The van der Waals surface area contributed by atoms with E-state index >= 15 is 0 Å². The fourth-order valence-electron chi connectivity index (χ4n) is 5.76. The van der Waals surface area contributed by atoms with E-state index < -0.39 is 0 Å². The van der Waals surface area contributed by atoms with Gasteiger partial charge in [-0.1, -0.05) is 12.1 Å². The van der Waals surface area contributed by atoms with Gasteiger partial charge in [0.2, 0.25) is 5.95 Å².